The van der Waals surface area contributed by atoms with E-state index in [1.165, 1.54) is 0 Å². The van der Waals surface area contributed by atoms with Gasteiger partial charge in [-0.2, -0.15) is 0 Å². The zero-order chi connectivity index (χ0) is 10.9. The fourth-order valence-electron chi connectivity index (χ4n) is 1.98. The molecule has 0 amide bonds. The predicted octanol–water partition coefficient (Wildman–Crippen LogP) is 1.59. The van der Waals surface area contributed by atoms with E-state index < -0.39 is 6.10 Å². The zero-order valence-electron chi connectivity index (χ0n) is 9.78. The summed E-state index contributed by atoms with van der Waals surface area (Å²) in [5, 5.41) is 9.77. The van der Waals surface area contributed by atoms with E-state index in [0.29, 0.717) is 0 Å². The van der Waals surface area contributed by atoms with Gasteiger partial charge in [-0.15, -0.1) is 0 Å². The molecule has 0 saturated carbocycles. The van der Waals surface area contributed by atoms with Crippen molar-refractivity contribution >= 4 is 0 Å². The molecule has 1 N–H and O–H groups in total. The molecule has 0 aliphatic carbocycles. The average molecular weight is 202 g/mol. The third-order valence-corrected chi connectivity index (χ3v) is 2.66. The van der Waals surface area contributed by atoms with Gasteiger partial charge in [-0.25, -0.2) is 0 Å². The Morgan fingerprint density at radius 3 is 2.36 bits per heavy atom. The van der Waals surface area contributed by atoms with Crippen LogP contribution in [0, 0.1) is 5.41 Å². The summed E-state index contributed by atoms with van der Waals surface area (Å²) in [6.45, 7) is 8.38. The maximum absolute atomic E-state index is 9.77. The first-order valence-electron chi connectivity index (χ1n) is 5.21. The summed E-state index contributed by atoms with van der Waals surface area (Å²) in [7, 11) is 1.63. The SMILES string of the molecule is CO[C@@H]1[C@@H](CC(C)(C)C)OC(C)[C@@H]1O. The highest BCUT2D eigenvalue weighted by Crippen LogP contribution is 2.32. The van der Waals surface area contributed by atoms with E-state index in [-0.39, 0.29) is 23.7 Å². The minimum atomic E-state index is -0.493. The number of methoxy groups -OCH3 is 1. The third kappa shape index (κ3) is 2.69. The van der Waals surface area contributed by atoms with Crippen LogP contribution in [0.4, 0.5) is 0 Å². The van der Waals surface area contributed by atoms with E-state index in [4.69, 9.17) is 9.47 Å². The number of rotatable bonds is 2. The number of ether oxygens (including phenoxy) is 2. The van der Waals surface area contributed by atoms with Gasteiger partial charge in [0.15, 0.2) is 0 Å². The van der Waals surface area contributed by atoms with Crippen LogP contribution in [0.3, 0.4) is 0 Å². The van der Waals surface area contributed by atoms with Gasteiger partial charge in [0.2, 0.25) is 0 Å². The standard InChI is InChI=1S/C11H22O3/c1-7-9(12)10(13-5)8(14-7)6-11(2,3)4/h7-10,12H,6H2,1-5H3/t7?,8-,9+,10-/m1/s1. The Morgan fingerprint density at radius 1 is 1.36 bits per heavy atom. The van der Waals surface area contributed by atoms with E-state index in [2.05, 4.69) is 20.8 Å². The predicted molar refractivity (Wildman–Crippen MR) is 55.2 cm³/mol. The van der Waals surface area contributed by atoms with Gasteiger partial charge >= 0.3 is 0 Å². The monoisotopic (exact) mass is 202 g/mol. The topological polar surface area (TPSA) is 38.7 Å². The van der Waals surface area contributed by atoms with Crippen molar-refractivity contribution in [2.24, 2.45) is 5.41 Å². The average Bonchev–Trinajstić information content (AvgIpc) is 2.24. The second kappa shape index (κ2) is 4.17. The summed E-state index contributed by atoms with van der Waals surface area (Å²) >= 11 is 0. The molecular formula is C11H22O3. The van der Waals surface area contributed by atoms with Gasteiger partial charge in [0.05, 0.1) is 12.2 Å². The molecule has 0 bridgehead atoms. The van der Waals surface area contributed by atoms with Crippen LogP contribution in [0.5, 0.6) is 0 Å². The molecule has 0 radical (unpaired) electrons. The smallest absolute Gasteiger partial charge is 0.112 e. The van der Waals surface area contributed by atoms with Crippen molar-refractivity contribution < 1.29 is 14.6 Å². The first-order chi connectivity index (χ1) is 6.35. The van der Waals surface area contributed by atoms with Gasteiger partial charge in [0, 0.05) is 7.11 Å². The van der Waals surface area contributed by atoms with E-state index in [9.17, 15) is 5.11 Å². The van der Waals surface area contributed by atoms with E-state index in [1.807, 2.05) is 6.92 Å². The molecule has 0 aromatic rings. The fraction of sp³-hybridized carbons (Fsp3) is 1.00. The van der Waals surface area contributed by atoms with Crippen LogP contribution >= 0.6 is 0 Å². The van der Waals surface area contributed by atoms with Crippen LogP contribution in [0.15, 0.2) is 0 Å². The van der Waals surface area contributed by atoms with Crippen molar-refractivity contribution in [2.75, 3.05) is 7.11 Å². The Bertz CT molecular complexity index is 185. The Morgan fingerprint density at radius 2 is 1.93 bits per heavy atom. The maximum Gasteiger partial charge on any atom is 0.112 e. The highest BCUT2D eigenvalue weighted by molar-refractivity contribution is 4.91. The van der Waals surface area contributed by atoms with Crippen molar-refractivity contribution in [3.63, 3.8) is 0 Å². The van der Waals surface area contributed by atoms with Crippen molar-refractivity contribution in [2.45, 2.75) is 58.5 Å². The van der Waals surface area contributed by atoms with Crippen molar-refractivity contribution in [3.8, 4) is 0 Å². The van der Waals surface area contributed by atoms with Crippen LogP contribution in [0.2, 0.25) is 0 Å². The molecule has 1 aliphatic rings. The minimum Gasteiger partial charge on any atom is -0.388 e. The molecule has 0 aromatic carbocycles. The van der Waals surface area contributed by atoms with Crippen molar-refractivity contribution in [1.82, 2.24) is 0 Å². The first-order valence-corrected chi connectivity index (χ1v) is 5.21. The van der Waals surface area contributed by atoms with Crippen LogP contribution in [-0.4, -0.2) is 36.6 Å². The number of hydrogen-bond donors (Lipinski definition) is 1. The van der Waals surface area contributed by atoms with Crippen LogP contribution in [0.25, 0.3) is 0 Å². The molecule has 0 aromatic heterocycles. The number of aliphatic hydroxyl groups is 1. The lowest BCUT2D eigenvalue weighted by atomic mass is 9.87. The summed E-state index contributed by atoms with van der Waals surface area (Å²) in [6, 6.07) is 0. The minimum absolute atomic E-state index is 0.0185. The Balaban J connectivity index is 2.61. The van der Waals surface area contributed by atoms with E-state index in [0.717, 1.165) is 6.42 Å². The quantitative estimate of drug-likeness (QED) is 0.739. The van der Waals surface area contributed by atoms with Gasteiger partial charge in [-0.05, 0) is 18.8 Å². The third-order valence-electron chi connectivity index (χ3n) is 2.66. The largest absolute Gasteiger partial charge is 0.388 e. The summed E-state index contributed by atoms with van der Waals surface area (Å²) in [6.07, 6.45) is 0.140. The van der Waals surface area contributed by atoms with Crippen molar-refractivity contribution in [1.29, 1.82) is 0 Å². The van der Waals surface area contributed by atoms with Gasteiger partial charge < -0.3 is 14.6 Å². The molecule has 14 heavy (non-hydrogen) atoms. The van der Waals surface area contributed by atoms with Gasteiger partial charge in [-0.3, -0.25) is 0 Å². The zero-order valence-corrected chi connectivity index (χ0v) is 9.78. The van der Waals surface area contributed by atoms with Crippen LogP contribution in [-0.2, 0) is 9.47 Å². The Kier molecular flexibility index (Phi) is 3.56. The summed E-state index contributed by atoms with van der Waals surface area (Å²) in [5.41, 5.74) is 0.200. The second-order valence-electron chi connectivity index (χ2n) is 5.34. The highest BCUT2D eigenvalue weighted by Gasteiger charge is 2.42. The summed E-state index contributed by atoms with van der Waals surface area (Å²) in [5.74, 6) is 0. The fourth-order valence-corrected chi connectivity index (χ4v) is 1.98. The normalized spacial score (nSPS) is 39.0. The lowest BCUT2D eigenvalue weighted by molar-refractivity contribution is -0.0265. The summed E-state index contributed by atoms with van der Waals surface area (Å²) < 4.78 is 11.0. The van der Waals surface area contributed by atoms with Gasteiger partial charge in [0.1, 0.15) is 12.2 Å². The lowest BCUT2D eigenvalue weighted by Crippen LogP contribution is -2.35. The van der Waals surface area contributed by atoms with E-state index in [1.54, 1.807) is 7.11 Å². The van der Waals surface area contributed by atoms with Crippen LogP contribution in [0.1, 0.15) is 34.1 Å². The molecule has 1 fully saturated rings. The first kappa shape index (κ1) is 12.0. The van der Waals surface area contributed by atoms with Crippen molar-refractivity contribution in [3.05, 3.63) is 0 Å². The van der Waals surface area contributed by atoms with E-state index >= 15 is 0 Å². The highest BCUT2D eigenvalue weighted by atomic mass is 16.6. The molecule has 1 saturated heterocycles. The van der Waals surface area contributed by atoms with Crippen LogP contribution < -0.4 is 0 Å². The molecule has 84 valence electrons. The second-order valence-corrected chi connectivity index (χ2v) is 5.34. The molecule has 1 rings (SSSR count). The molecule has 3 heteroatoms. The molecule has 4 atom stereocenters. The molecule has 0 spiro atoms. The van der Waals surface area contributed by atoms with Gasteiger partial charge in [-0.1, -0.05) is 20.8 Å². The Labute approximate surface area is 86.4 Å². The lowest BCUT2D eigenvalue weighted by Gasteiger charge is -2.26. The Hall–Kier alpha value is -0.120. The number of aliphatic hydroxyl groups excluding tert-OH is 1. The maximum atomic E-state index is 9.77. The molecule has 1 heterocycles. The van der Waals surface area contributed by atoms with Gasteiger partial charge in [0.25, 0.3) is 0 Å². The molecule has 1 aliphatic heterocycles. The molecule has 3 nitrogen and oxygen atoms in total. The molecular weight excluding hydrogens is 180 g/mol. The summed E-state index contributed by atoms with van der Waals surface area (Å²) in [4.78, 5) is 0. The molecule has 1 unspecified atom stereocenters. The number of hydrogen-bond acceptors (Lipinski definition) is 3.